The number of carbonyl (C=O) groups excluding carboxylic acids is 1. The fourth-order valence-corrected chi connectivity index (χ4v) is 8.24. The van der Waals surface area contributed by atoms with Gasteiger partial charge in [0.15, 0.2) is 5.60 Å². The predicted molar refractivity (Wildman–Crippen MR) is 121 cm³/mol. The Balaban J connectivity index is 1.67. The lowest BCUT2D eigenvalue weighted by molar-refractivity contribution is -0.145. The number of aryl methyl sites for hydroxylation is 1. The minimum atomic E-state index is -3.16. The molecule has 0 unspecified atom stereocenters. The van der Waals surface area contributed by atoms with E-state index in [0.717, 1.165) is 15.7 Å². The molecule has 0 saturated carbocycles. The quantitative estimate of drug-likeness (QED) is 0.475. The Morgan fingerprint density at radius 2 is 2.13 bits per heavy atom. The molecule has 7 nitrogen and oxygen atoms in total. The summed E-state index contributed by atoms with van der Waals surface area (Å²) in [6, 6.07) is 5.73. The number of aliphatic hydroxyl groups excluding tert-OH is 1. The third-order valence-corrected chi connectivity index (χ3v) is 9.60. The summed E-state index contributed by atoms with van der Waals surface area (Å²) in [5.41, 5.74) is 0.809. The molecule has 2 aromatic rings. The summed E-state index contributed by atoms with van der Waals surface area (Å²) in [7, 11) is -1.41. The van der Waals surface area contributed by atoms with Gasteiger partial charge in [-0.25, -0.2) is 0 Å². The molecule has 3 heterocycles. The number of aliphatic hydroxyl groups is 1. The second-order valence-corrected chi connectivity index (χ2v) is 13.7. The van der Waals surface area contributed by atoms with Crippen molar-refractivity contribution in [3.05, 3.63) is 40.1 Å². The normalized spacial score (nSPS) is 28.0. The molecule has 1 N–H and O–H groups in total. The van der Waals surface area contributed by atoms with E-state index in [4.69, 9.17) is 9.84 Å². The molecule has 1 aromatic carbocycles. The molecule has 1 saturated heterocycles. The number of anilines is 1. The zero-order valence-electron chi connectivity index (χ0n) is 18.2. The number of likely N-dealkylation sites (N-methyl/N-ethyl adjacent to an activating group) is 1. The van der Waals surface area contributed by atoms with Crippen LogP contribution in [0.4, 0.5) is 9.80 Å². The van der Waals surface area contributed by atoms with Crippen LogP contribution < -0.4 is 4.90 Å². The van der Waals surface area contributed by atoms with Crippen molar-refractivity contribution in [1.29, 1.82) is 0 Å². The number of aromatic nitrogens is 3. The van der Waals surface area contributed by atoms with Crippen molar-refractivity contribution in [2.24, 2.45) is 5.92 Å². The number of halogens is 2. The third-order valence-electron chi connectivity index (χ3n) is 6.65. The molecule has 1 fully saturated rings. The van der Waals surface area contributed by atoms with Gasteiger partial charge in [0.25, 0.3) is 5.91 Å². The Morgan fingerprint density at radius 1 is 1.39 bits per heavy atom. The molecule has 168 valence electrons. The van der Waals surface area contributed by atoms with E-state index in [1.807, 2.05) is 25.1 Å². The zero-order valence-corrected chi connectivity index (χ0v) is 20.8. The molecular weight excluding hydrogens is 483 g/mol. The van der Waals surface area contributed by atoms with Crippen LogP contribution in [0.5, 0.6) is 0 Å². The van der Waals surface area contributed by atoms with Gasteiger partial charge in [0.1, 0.15) is 0 Å². The van der Waals surface area contributed by atoms with Crippen LogP contribution >= 0.6 is 15.9 Å². The van der Waals surface area contributed by atoms with Crippen molar-refractivity contribution < 1.29 is 18.7 Å². The number of fused-ring (bicyclic) bond motifs is 2. The highest BCUT2D eigenvalue weighted by molar-refractivity contribution is 9.10. The molecule has 2 aliphatic heterocycles. The van der Waals surface area contributed by atoms with Crippen LogP contribution in [0.15, 0.2) is 28.9 Å². The fraction of sp³-hybridized carbons (Fsp3) is 0.571. The monoisotopic (exact) mass is 510 g/mol. The average Bonchev–Trinajstić information content (AvgIpc) is 3.32. The smallest absolute Gasteiger partial charge is 0.264 e. The minimum absolute atomic E-state index is 0.0127. The van der Waals surface area contributed by atoms with Crippen molar-refractivity contribution in [2.75, 3.05) is 18.6 Å². The fourth-order valence-electron chi connectivity index (χ4n) is 5.33. The molecule has 2 aliphatic rings. The molecule has 0 radical (unpaired) electrons. The number of amides is 1. The second kappa shape index (κ2) is 8.06. The first-order valence-corrected chi connectivity index (χ1v) is 14.3. The molecule has 0 aliphatic carbocycles. The van der Waals surface area contributed by atoms with Crippen LogP contribution in [-0.2, 0) is 28.1 Å². The Labute approximate surface area is 190 Å². The zero-order chi connectivity index (χ0) is 22.6. The molecule has 4 atom stereocenters. The molecular formula is C21H28BrFN4O3Si. The van der Waals surface area contributed by atoms with E-state index >= 15 is 4.11 Å². The number of hydrogen-bond acceptors (Lipinski definition) is 5. The summed E-state index contributed by atoms with van der Waals surface area (Å²) in [6.45, 7) is 5.86. The molecule has 0 bridgehead atoms. The van der Waals surface area contributed by atoms with E-state index in [0.29, 0.717) is 25.1 Å². The summed E-state index contributed by atoms with van der Waals surface area (Å²) in [4.78, 5) is 15.1. The predicted octanol–water partition coefficient (Wildman–Crippen LogP) is 3.42. The first kappa shape index (κ1) is 22.6. The van der Waals surface area contributed by atoms with Gasteiger partial charge in [0.05, 0.1) is 17.5 Å². The van der Waals surface area contributed by atoms with E-state index in [1.54, 1.807) is 35.9 Å². The van der Waals surface area contributed by atoms with E-state index in [2.05, 4.69) is 26.2 Å². The van der Waals surface area contributed by atoms with Crippen LogP contribution in [0.25, 0.3) is 0 Å². The molecule has 1 aromatic heterocycles. The van der Waals surface area contributed by atoms with Crippen molar-refractivity contribution in [1.82, 2.24) is 15.0 Å². The average molecular weight is 511 g/mol. The summed E-state index contributed by atoms with van der Waals surface area (Å²) in [5, 5.41) is 17.2. The van der Waals surface area contributed by atoms with E-state index in [-0.39, 0.29) is 24.0 Å². The number of hydrogen-bond donors (Lipinski definition) is 1. The lowest BCUT2D eigenvalue weighted by Gasteiger charge is -2.31. The second-order valence-electron chi connectivity index (χ2n) is 9.03. The van der Waals surface area contributed by atoms with Crippen LogP contribution in [0.3, 0.4) is 0 Å². The summed E-state index contributed by atoms with van der Waals surface area (Å²) >= 11 is 3.51. The Kier molecular flexibility index (Phi) is 5.87. The lowest BCUT2D eigenvalue weighted by Crippen LogP contribution is -2.44. The highest BCUT2D eigenvalue weighted by Crippen LogP contribution is 2.60. The first-order valence-electron chi connectivity index (χ1n) is 10.5. The van der Waals surface area contributed by atoms with Gasteiger partial charge < -0.3 is 18.9 Å². The van der Waals surface area contributed by atoms with Gasteiger partial charge >= 0.3 is 0 Å². The van der Waals surface area contributed by atoms with Crippen molar-refractivity contribution in [2.45, 2.75) is 56.7 Å². The van der Waals surface area contributed by atoms with Crippen LogP contribution in [0, 0.1) is 5.92 Å². The summed E-state index contributed by atoms with van der Waals surface area (Å²) in [5.74, 6) is -0.430. The van der Waals surface area contributed by atoms with Crippen LogP contribution in [0.1, 0.15) is 24.6 Å². The van der Waals surface area contributed by atoms with Crippen LogP contribution in [0.2, 0.25) is 18.6 Å². The maximum absolute atomic E-state index is 15.6. The van der Waals surface area contributed by atoms with Crippen molar-refractivity contribution in [3.8, 4) is 0 Å². The topological polar surface area (TPSA) is 80.5 Å². The first-order chi connectivity index (χ1) is 14.6. The Bertz CT molecular complexity index is 997. The number of nitrogens with zero attached hydrogens (tertiary/aromatic N) is 4. The molecule has 1 amide bonds. The number of benzene rings is 1. The highest BCUT2D eigenvalue weighted by atomic mass is 79.9. The molecule has 31 heavy (non-hydrogen) atoms. The van der Waals surface area contributed by atoms with Gasteiger partial charge in [-0.3, -0.25) is 9.48 Å². The van der Waals surface area contributed by atoms with Gasteiger partial charge in [0, 0.05) is 54.3 Å². The van der Waals surface area contributed by atoms with Gasteiger partial charge in [-0.1, -0.05) is 28.1 Å². The van der Waals surface area contributed by atoms with E-state index in [9.17, 15) is 4.79 Å². The number of ether oxygens (including phenoxy) is 1. The lowest BCUT2D eigenvalue weighted by atomic mass is 9.82. The molecule has 1 spiro atoms. The van der Waals surface area contributed by atoms with Gasteiger partial charge in [-0.15, -0.1) is 5.10 Å². The molecule has 4 rings (SSSR count). The third kappa shape index (κ3) is 3.67. The van der Waals surface area contributed by atoms with Gasteiger partial charge in [-0.2, -0.15) is 0 Å². The Morgan fingerprint density at radius 3 is 2.81 bits per heavy atom. The maximum Gasteiger partial charge on any atom is 0.264 e. The van der Waals surface area contributed by atoms with Gasteiger partial charge in [0.2, 0.25) is 8.41 Å². The maximum atomic E-state index is 15.6. The summed E-state index contributed by atoms with van der Waals surface area (Å²) < 4.78 is 24.7. The van der Waals surface area contributed by atoms with Crippen LogP contribution in [-0.4, -0.2) is 54.2 Å². The van der Waals surface area contributed by atoms with Crippen molar-refractivity contribution >= 4 is 35.9 Å². The van der Waals surface area contributed by atoms with E-state index < -0.39 is 20.1 Å². The summed E-state index contributed by atoms with van der Waals surface area (Å²) in [6.07, 6.45) is 2.35. The van der Waals surface area contributed by atoms with Crippen molar-refractivity contribution in [3.63, 3.8) is 0 Å². The van der Waals surface area contributed by atoms with Gasteiger partial charge in [-0.05, 0) is 37.7 Å². The Hall–Kier alpha value is -1.62. The standard InChI is InChI=1S/C21H28BrFN4O3Si/c1-13-19(31(3,4)23)18(7-9-27-12-15(8-10-28)24-25-27)30-21(13)16-11-14(22)5-6-17(16)26(2)20(21)29/h5-6,11-13,18-19,28H,7-10H2,1-4H3/t13-,18+,19-,21+/m1/s1. The SMILES string of the molecule is C[C@@H]1[C@@H]([Si](C)(C)F)[C@H](CCn2cc(CCO)nn2)O[C@@]12C(=O)N(C)c1ccc(Br)cc12. The highest BCUT2D eigenvalue weighted by Gasteiger charge is 2.66. The number of rotatable bonds is 6. The van der Waals surface area contributed by atoms with E-state index in [1.165, 1.54) is 0 Å². The largest absolute Gasteiger partial charge is 0.396 e. The minimum Gasteiger partial charge on any atom is -0.396 e. The number of carbonyl (C=O) groups is 1. The molecule has 10 heteroatoms.